The van der Waals surface area contributed by atoms with Gasteiger partial charge in [-0.25, -0.2) is 4.79 Å². The highest BCUT2D eigenvalue weighted by molar-refractivity contribution is 6.00. The Morgan fingerprint density at radius 1 is 1.10 bits per heavy atom. The van der Waals surface area contributed by atoms with Crippen LogP contribution in [-0.4, -0.2) is 55.6 Å². The number of aliphatic carboxylic acids is 1. The average Bonchev–Trinajstić information content (AvgIpc) is 3.09. The van der Waals surface area contributed by atoms with Crippen molar-refractivity contribution in [2.75, 3.05) is 6.54 Å². The topological polar surface area (TPSA) is 114 Å². The molecule has 1 aromatic carbocycles. The number of carbonyl (C=O) groups is 3. The lowest BCUT2D eigenvalue weighted by Gasteiger charge is -2.38. The number of fused-ring (bicyclic) bond motifs is 3. The molecule has 31 heavy (non-hydrogen) atoms. The van der Waals surface area contributed by atoms with Crippen molar-refractivity contribution >= 4 is 28.8 Å². The summed E-state index contributed by atoms with van der Waals surface area (Å²) in [4.78, 5) is 50.2. The van der Waals surface area contributed by atoms with Crippen LogP contribution in [0.2, 0.25) is 0 Å². The van der Waals surface area contributed by atoms with Crippen molar-refractivity contribution in [3.63, 3.8) is 0 Å². The summed E-state index contributed by atoms with van der Waals surface area (Å²) >= 11 is 0. The minimum atomic E-state index is -0.776. The summed E-state index contributed by atoms with van der Waals surface area (Å²) < 4.78 is 3.07. The summed E-state index contributed by atoms with van der Waals surface area (Å²) in [6.07, 6.45) is 4.42. The molecular formula is C22H26N4O5. The molecule has 0 spiro atoms. The van der Waals surface area contributed by atoms with Gasteiger partial charge < -0.3 is 5.11 Å². The number of piperidine rings is 2. The minimum absolute atomic E-state index is 0.102. The third-order valence-corrected chi connectivity index (χ3v) is 7.31. The maximum atomic E-state index is 13.0. The first-order chi connectivity index (χ1) is 14.8. The van der Waals surface area contributed by atoms with Crippen LogP contribution in [0.1, 0.15) is 56.0 Å². The van der Waals surface area contributed by atoms with Gasteiger partial charge in [-0.1, -0.05) is 6.07 Å². The summed E-state index contributed by atoms with van der Waals surface area (Å²) in [5, 5.41) is 11.5. The number of nitrogens with zero attached hydrogens (tertiary/aromatic N) is 3. The van der Waals surface area contributed by atoms with Crippen molar-refractivity contribution in [2.45, 2.75) is 62.6 Å². The number of carboxylic acid groups (broad SMARTS) is 1. The molecule has 164 valence electrons. The molecule has 1 aromatic heterocycles. The fraction of sp³-hybridized carbons (Fsp3) is 0.545. The molecule has 2 amide bonds. The number of aryl methyl sites for hydroxylation is 1. The Labute approximate surface area is 178 Å². The van der Waals surface area contributed by atoms with Crippen LogP contribution < -0.4 is 11.0 Å². The molecule has 0 saturated carbocycles. The first-order valence-corrected chi connectivity index (χ1v) is 10.9. The predicted molar refractivity (Wildman–Crippen MR) is 112 cm³/mol. The molecule has 3 fully saturated rings. The van der Waals surface area contributed by atoms with Gasteiger partial charge in [0.15, 0.2) is 0 Å². The number of nitrogens with one attached hydrogen (secondary N) is 1. The van der Waals surface area contributed by atoms with Crippen molar-refractivity contribution < 1.29 is 19.5 Å². The molecule has 9 heteroatoms. The van der Waals surface area contributed by atoms with Gasteiger partial charge in [0.05, 0.1) is 17.6 Å². The van der Waals surface area contributed by atoms with Crippen LogP contribution in [-0.2, 0) is 21.4 Å². The van der Waals surface area contributed by atoms with Gasteiger partial charge in [-0.3, -0.25) is 33.7 Å². The fourth-order valence-electron chi connectivity index (χ4n) is 5.82. The van der Waals surface area contributed by atoms with E-state index < -0.39 is 17.9 Å². The Hall–Kier alpha value is -2.94. The molecule has 9 nitrogen and oxygen atoms in total. The Bertz CT molecular complexity index is 1130. The molecule has 2 N–H and O–H groups in total. The lowest BCUT2D eigenvalue weighted by atomic mass is 9.85. The van der Waals surface area contributed by atoms with E-state index in [-0.39, 0.29) is 36.6 Å². The van der Waals surface area contributed by atoms with Crippen LogP contribution in [0.5, 0.6) is 0 Å². The molecule has 5 rings (SSSR count). The summed E-state index contributed by atoms with van der Waals surface area (Å²) in [6, 6.07) is 5.85. The van der Waals surface area contributed by atoms with Crippen LogP contribution in [0.25, 0.3) is 11.0 Å². The Kier molecular flexibility index (Phi) is 4.73. The number of hydrogen-bond acceptors (Lipinski definition) is 5. The number of benzene rings is 1. The van der Waals surface area contributed by atoms with Gasteiger partial charge in [-0.2, -0.15) is 0 Å². The predicted octanol–water partition coefficient (Wildman–Crippen LogP) is 1.11. The summed E-state index contributed by atoms with van der Waals surface area (Å²) in [5.74, 6) is -1.19. The van der Waals surface area contributed by atoms with Crippen LogP contribution in [0.3, 0.4) is 0 Å². The van der Waals surface area contributed by atoms with E-state index in [4.69, 9.17) is 0 Å². The zero-order chi connectivity index (χ0) is 21.9. The number of rotatable bonds is 4. The lowest BCUT2D eigenvalue weighted by Crippen LogP contribution is -2.44. The van der Waals surface area contributed by atoms with Gasteiger partial charge in [-0.05, 0) is 55.7 Å². The van der Waals surface area contributed by atoms with Gasteiger partial charge in [-0.15, -0.1) is 0 Å². The first kappa shape index (κ1) is 20.0. The van der Waals surface area contributed by atoms with Crippen molar-refractivity contribution in [3.8, 4) is 0 Å². The largest absolute Gasteiger partial charge is 0.480 e. The van der Waals surface area contributed by atoms with Crippen molar-refractivity contribution in [1.82, 2.24) is 19.4 Å². The number of aromatic nitrogens is 2. The van der Waals surface area contributed by atoms with Crippen LogP contribution in [0, 0.1) is 0 Å². The number of imidazole rings is 1. The lowest BCUT2D eigenvalue weighted by molar-refractivity contribution is -0.140. The number of carbonyl (C=O) groups excluding carboxylic acids is 2. The Balaban J connectivity index is 1.46. The third kappa shape index (κ3) is 3.27. The van der Waals surface area contributed by atoms with Gasteiger partial charge in [0.2, 0.25) is 11.8 Å². The molecular weight excluding hydrogens is 400 g/mol. The van der Waals surface area contributed by atoms with E-state index in [1.54, 1.807) is 11.6 Å². The molecule has 4 heterocycles. The van der Waals surface area contributed by atoms with Crippen molar-refractivity contribution in [2.24, 2.45) is 7.05 Å². The van der Waals surface area contributed by atoms with E-state index in [1.807, 2.05) is 18.2 Å². The molecule has 3 aliphatic heterocycles. The third-order valence-electron chi connectivity index (χ3n) is 7.31. The number of hydrogen-bond donors (Lipinski definition) is 2. The summed E-state index contributed by atoms with van der Waals surface area (Å²) in [7, 11) is 1.70. The van der Waals surface area contributed by atoms with E-state index in [9.17, 15) is 24.3 Å². The normalized spacial score (nSPS) is 28.8. The second-order valence-corrected chi connectivity index (χ2v) is 9.05. The standard InChI is InChI=1S/C22H26N4O5/c1-24-18-10-12(13-8-14-3-4-15(9-13)25(14)11-20(28)29)2-5-16(18)26(22(24)31)17-6-7-19(27)23-21(17)30/h2,5,10,13-15,17H,3-4,6-9,11H2,1H3,(H,28,29)(H,23,27,30). The van der Waals surface area contributed by atoms with Crippen molar-refractivity contribution in [3.05, 3.63) is 34.2 Å². The van der Waals surface area contributed by atoms with E-state index in [0.717, 1.165) is 36.8 Å². The first-order valence-electron chi connectivity index (χ1n) is 10.9. The summed E-state index contributed by atoms with van der Waals surface area (Å²) in [6.45, 7) is 0.102. The van der Waals surface area contributed by atoms with E-state index in [0.29, 0.717) is 17.9 Å². The summed E-state index contributed by atoms with van der Waals surface area (Å²) in [5.41, 5.74) is 2.35. The minimum Gasteiger partial charge on any atom is -0.480 e. The zero-order valence-corrected chi connectivity index (χ0v) is 17.4. The molecule has 3 aliphatic rings. The Morgan fingerprint density at radius 2 is 1.81 bits per heavy atom. The number of amides is 2. The highest BCUT2D eigenvalue weighted by Gasteiger charge is 2.42. The van der Waals surface area contributed by atoms with Crippen LogP contribution in [0.15, 0.2) is 23.0 Å². The molecule has 2 aromatic rings. The molecule has 3 unspecified atom stereocenters. The van der Waals surface area contributed by atoms with E-state index >= 15 is 0 Å². The second kappa shape index (κ2) is 7.33. The maximum Gasteiger partial charge on any atom is 0.329 e. The highest BCUT2D eigenvalue weighted by atomic mass is 16.4. The van der Waals surface area contributed by atoms with Crippen LogP contribution in [0.4, 0.5) is 0 Å². The van der Waals surface area contributed by atoms with E-state index in [2.05, 4.69) is 10.2 Å². The fourth-order valence-corrected chi connectivity index (χ4v) is 5.82. The second-order valence-electron chi connectivity index (χ2n) is 9.05. The molecule has 3 atom stereocenters. The van der Waals surface area contributed by atoms with Gasteiger partial charge >= 0.3 is 11.7 Å². The quantitative estimate of drug-likeness (QED) is 0.708. The van der Waals surface area contributed by atoms with Gasteiger partial charge in [0.1, 0.15) is 6.04 Å². The zero-order valence-electron chi connectivity index (χ0n) is 17.4. The van der Waals surface area contributed by atoms with Gasteiger partial charge in [0, 0.05) is 25.6 Å². The number of imide groups is 1. The monoisotopic (exact) mass is 426 g/mol. The SMILES string of the molecule is Cn1c(=O)n(C2CCC(=O)NC2=O)c2ccc(C3CC4CCC(C3)N4CC(=O)O)cc21. The highest BCUT2D eigenvalue weighted by Crippen LogP contribution is 2.43. The molecule has 2 bridgehead atoms. The smallest absolute Gasteiger partial charge is 0.329 e. The molecule has 0 radical (unpaired) electrons. The van der Waals surface area contributed by atoms with Crippen LogP contribution >= 0.6 is 0 Å². The van der Waals surface area contributed by atoms with Crippen molar-refractivity contribution in [1.29, 1.82) is 0 Å². The number of carboxylic acids is 1. The van der Waals surface area contributed by atoms with Gasteiger partial charge in [0.25, 0.3) is 0 Å². The Morgan fingerprint density at radius 3 is 2.45 bits per heavy atom. The molecule has 3 saturated heterocycles. The molecule has 0 aliphatic carbocycles. The average molecular weight is 426 g/mol. The maximum absolute atomic E-state index is 13.0. The van der Waals surface area contributed by atoms with E-state index in [1.165, 1.54) is 4.57 Å².